The van der Waals surface area contributed by atoms with Crippen LogP contribution < -0.4 is 0 Å². The average Bonchev–Trinajstić information content (AvgIpc) is 3.17. The first-order chi connectivity index (χ1) is 13.5. The molecule has 0 spiro atoms. The number of aromatic nitrogens is 1. The number of hydrogen-bond acceptors (Lipinski definition) is 4. The maximum absolute atomic E-state index is 13.1. The van der Waals surface area contributed by atoms with Crippen molar-refractivity contribution in [3.8, 4) is 0 Å². The van der Waals surface area contributed by atoms with Crippen molar-refractivity contribution in [2.45, 2.75) is 36.6 Å². The molecule has 1 aromatic heterocycles. The second-order valence-corrected chi connectivity index (χ2v) is 9.51. The zero-order valence-electron chi connectivity index (χ0n) is 16.0. The fourth-order valence-corrected chi connectivity index (χ4v) is 5.80. The van der Waals surface area contributed by atoms with E-state index in [1.54, 1.807) is 18.3 Å². The Labute approximate surface area is 166 Å². The van der Waals surface area contributed by atoms with Gasteiger partial charge in [-0.25, -0.2) is 8.42 Å². The highest BCUT2D eigenvalue weighted by Crippen LogP contribution is 2.36. The normalized spacial score (nSPS) is 20.7. The third-order valence-corrected chi connectivity index (χ3v) is 7.87. The Morgan fingerprint density at radius 3 is 2.57 bits per heavy atom. The molecule has 1 aromatic carbocycles. The number of nitrogens with zero attached hydrogens (tertiary/aromatic N) is 3. The van der Waals surface area contributed by atoms with Gasteiger partial charge in [0.1, 0.15) is 4.90 Å². The summed E-state index contributed by atoms with van der Waals surface area (Å²) in [6.45, 7) is 0.728. The quantitative estimate of drug-likeness (QED) is 0.792. The van der Waals surface area contributed by atoms with Crippen LogP contribution in [0.2, 0.25) is 0 Å². The molecule has 1 aliphatic carbocycles. The van der Waals surface area contributed by atoms with Crippen LogP contribution in [0.5, 0.6) is 0 Å². The van der Waals surface area contributed by atoms with Crippen molar-refractivity contribution in [2.24, 2.45) is 5.92 Å². The summed E-state index contributed by atoms with van der Waals surface area (Å²) in [5.41, 5.74) is 2.57. The lowest BCUT2D eigenvalue weighted by atomic mass is 9.95. The fourth-order valence-electron chi connectivity index (χ4n) is 4.37. The van der Waals surface area contributed by atoms with E-state index in [1.807, 2.05) is 24.1 Å². The summed E-state index contributed by atoms with van der Waals surface area (Å²) in [7, 11) is -1.66. The second-order valence-electron chi connectivity index (χ2n) is 7.57. The summed E-state index contributed by atoms with van der Waals surface area (Å²) in [4.78, 5) is 19.1. The summed E-state index contributed by atoms with van der Waals surface area (Å²) < 4.78 is 26.9. The first-order valence-corrected chi connectivity index (χ1v) is 11.2. The average molecular weight is 400 g/mol. The molecule has 1 amide bonds. The molecule has 2 heterocycles. The maximum atomic E-state index is 13.1. The molecule has 1 fully saturated rings. The Hall–Kier alpha value is -2.25. The highest BCUT2D eigenvalue weighted by atomic mass is 32.2. The van der Waals surface area contributed by atoms with E-state index in [0.717, 1.165) is 12.8 Å². The molecule has 28 heavy (non-hydrogen) atoms. The van der Waals surface area contributed by atoms with E-state index in [2.05, 4.69) is 17.1 Å². The Balaban J connectivity index is 1.41. The SMILES string of the molecule is CN(C(=O)C1CCN(S(=O)(=O)c2cccnc2)CC1)C1CCc2ccccc21. The number of fused-ring (bicyclic) bond motifs is 1. The predicted molar refractivity (Wildman–Crippen MR) is 106 cm³/mol. The van der Waals surface area contributed by atoms with Gasteiger partial charge in [0.25, 0.3) is 0 Å². The van der Waals surface area contributed by atoms with Crippen LogP contribution >= 0.6 is 0 Å². The van der Waals surface area contributed by atoms with Gasteiger partial charge in [-0.05, 0) is 48.9 Å². The standard InChI is InChI=1S/C21H25N3O3S/c1-23(20-9-8-16-5-2-3-7-19(16)20)21(25)17-10-13-24(14-11-17)28(26,27)18-6-4-12-22-15-18/h2-7,12,15,17,20H,8-11,13-14H2,1H3. The van der Waals surface area contributed by atoms with E-state index in [-0.39, 0.29) is 22.8 Å². The van der Waals surface area contributed by atoms with Crippen LogP contribution in [0.4, 0.5) is 0 Å². The summed E-state index contributed by atoms with van der Waals surface area (Å²) >= 11 is 0. The minimum absolute atomic E-state index is 0.125. The first-order valence-electron chi connectivity index (χ1n) is 9.73. The molecule has 0 radical (unpaired) electrons. The lowest BCUT2D eigenvalue weighted by Gasteiger charge is -2.34. The minimum Gasteiger partial charge on any atom is -0.338 e. The Bertz CT molecular complexity index is 954. The number of rotatable bonds is 4. The molecule has 2 aromatic rings. The van der Waals surface area contributed by atoms with Crippen molar-refractivity contribution in [1.29, 1.82) is 0 Å². The van der Waals surface area contributed by atoms with Crippen LogP contribution in [0.3, 0.4) is 0 Å². The van der Waals surface area contributed by atoms with Gasteiger partial charge < -0.3 is 4.90 Å². The molecule has 148 valence electrons. The molecule has 0 bridgehead atoms. The van der Waals surface area contributed by atoms with E-state index in [9.17, 15) is 13.2 Å². The van der Waals surface area contributed by atoms with E-state index in [1.165, 1.54) is 21.6 Å². The second kappa shape index (κ2) is 7.64. The van der Waals surface area contributed by atoms with Crippen molar-refractivity contribution in [2.75, 3.05) is 20.1 Å². The summed E-state index contributed by atoms with van der Waals surface area (Å²) in [5, 5.41) is 0. The zero-order valence-corrected chi connectivity index (χ0v) is 16.8. The summed E-state index contributed by atoms with van der Waals surface area (Å²) in [6.07, 6.45) is 5.99. The number of piperidine rings is 1. The molecule has 1 aliphatic heterocycles. The van der Waals surface area contributed by atoms with E-state index < -0.39 is 10.0 Å². The van der Waals surface area contributed by atoms with Gasteiger partial charge in [0.2, 0.25) is 15.9 Å². The van der Waals surface area contributed by atoms with Gasteiger partial charge >= 0.3 is 0 Å². The Morgan fingerprint density at radius 1 is 1.11 bits per heavy atom. The Morgan fingerprint density at radius 2 is 1.86 bits per heavy atom. The number of sulfonamides is 1. The lowest BCUT2D eigenvalue weighted by molar-refractivity contribution is -0.137. The largest absolute Gasteiger partial charge is 0.338 e. The van der Waals surface area contributed by atoms with E-state index >= 15 is 0 Å². The van der Waals surface area contributed by atoms with E-state index in [0.29, 0.717) is 25.9 Å². The number of amides is 1. The van der Waals surface area contributed by atoms with Crippen LogP contribution in [-0.4, -0.2) is 48.7 Å². The van der Waals surface area contributed by atoms with Gasteiger partial charge in [-0.2, -0.15) is 4.31 Å². The molecule has 7 heteroatoms. The van der Waals surface area contributed by atoms with Crippen LogP contribution in [0.1, 0.15) is 36.4 Å². The lowest BCUT2D eigenvalue weighted by Crippen LogP contribution is -2.44. The Kier molecular flexibility index (Phi) is 5.21. The molecular formula is C21H25N3O3S. The zero-order chi connectivity index (χ0) is 19.7. The highest BCUT2D eigenvalue weighted by Gasteiger charge is 2.36. The molecule has 1 saturated heterocycles. The number of hydrogen-bond donors (Lipinski definition) is 0. The van der Waals surface area contributed by atoms with Crippen LogP contribution in [0.25, 0.3) is 0 Å². The predicted octanol–water partition coefficient (Wildman–Crippen LogP) is 2.63. The van der Waals surface area contributed by atoms with Crippen molar-refractivity contribution < 1.29 is 13.2 Å². The van der Waals surface area contributed by atoms with Crippen LogP contribution in [0, 0.1) is 5.92 Å². The minimum atomic E-state index is -3.54. The molecule has 2 aliphatic rings. The number of aryl methyl sites for hydroxylation is 1. The fraction of sp³-hybridized carbons (Fsp3) is 0.429. The number of pyridine rings is 1. The number of carbonyl (C=O) groups is 1. The van der Waals surface area contributed by atoms with Gasteiger partial charge in [-0.15, -0.1) is 0 Å². The third-order valence-electron chi connectivity index (χ3n) is 5.99. The molecule has 1 unspecified atom stereocenters. The highest BCUT2D eigenvalue weighted by molar-refractivity contribution is 7.89. The molecular weight excluding hydrogens is 374 g/mol. The van der Waals surface area contributed by atoms with Crippen molar-refractivity contribution >= 4 is 15.9 Å². The smallest absolute Gasteiger partial charge is 0.244 e. The summed E-state index contributed by atoms with van der Waals surface area (Å²) in [6, 6.07) is 11.6. The molecule has 6 nitrogen and oxygen atoms in total. The van der Waals surface area contributed by atoms with Crippen LogP contribution in [0.15, 0.2) is 53.7 Å². The van der Waals surface area contributed by atoms with Crippen molar-refractivity contribution in [1.82, 2.24) is 14.2 Å². The van der Waals surface area contributed by atoms with Gasteiger partial charge in [-0.1, -0.05) is 24.3 Å². The molecule has 0 saturated carbocycles. The summed E-state index contributed by atoms with van der Waals surface area (Å²) in [5.74, 6) is -0.00163. The van der Waals surface area contributed by atoms with Crippen molar-refractivity contribution in [3.05, 3.63) is 59.9 Å². The van der Waals surface area contributed by atoms with Gasteiger partial charge in [0, 0.05) is 38.4 Å². The van der Waals surface area contributed by atoms with Gasteiger partial charge in [0.05, 0.1) is 6.04 Å². The number of carbonyl (C=O) groups excluding carboxylic acids is 1. The topological polar surface area (TPSA) is 70.6 Å². The van der Waals surface area contributed by atoms with E-state index in [4.69, 9.17) is 0 Å². The van der Waals surface area contributed by atoms with Crippen molar-refractivity contribution in [3.63, 3.8) is 0 Å². The first kappa shape index (κ1) is 19.1. The van der Waals surface area contributed by atoms with Gasteiger partial charge in [-0.3, -0.25) is 9.78 Å². The monoisotopic (exact) mass is 399 g/mol. The molecule has 1 atom stereocenters. The van der Waals surface area contributed by atoms with Crippen LogP contribution in [-0.2, 0) is 21.2 Å². The number of benzene rings is 1. The maximum Gasteiger partial charge on any atom is 0.244 e. The molecule has 0 N–H and O–H groups in total. The van der Waals surface area contributed by atoms with Gasteiger partial charge in [0.15, 0.2) is 0 Å². The third kappa shape index (κ3) is 3.44. The molecule has 4 rings (SSSR count).